The largest absolute Gasteiger partial charge is 0.387 e. The maximum Gasteiger partial charge on any atom is 0.269 e. The van der Waals surface area contributed by atoms with E-state index in [1.165, 1.54) is 24.3 Å². The molecule has 0 aromatic heterocycles. The molecule has 15 heteroatoms. The molecular weight excluding hydrogens is 696 g/mol. The number of methoxy groups -OCH3 is 2. The minimum absolute atomic E-state index is 0.0115. The Morgan fingerprint density at radius 2 is 1.59 bits per heavy atom. The minimum Gasteiger partial charge on any atom is -0.387 e. The summed E-state index contributed by atoms with van der Waals surface area (Å²) in [5, 5.41) is 42.3. The zero-order chi connectivity index (χ0) is 41.0. The first kappa shape index (κ1) is 46.9. The predicted octanol–water partition coefficient (Wildman–Crippen LogP) is 3.23. The number of nitrogens with zero attached hydrogens (tertiary/aromatic N) is 3. The number of hydrogen-bond acceptors (Lipinski definition) is 11. The quantitative estimate of drug-likeness (QED) is 0.0661. The van der Waals surface area contributed by atoms with Gasteiger partial charge in [0.05, 0.1) is 47.8 Å². The highest BCUT2D eigenvalue weighted by atomic mass is 16.6. The van der Waals surface area contributed by atoms with Crippen LogP contribution in [0.1, 0.15) is 92.7 Å². The van der Waals surface area contributed by atoms with Gasteiger partial charge in [-0.25, -0.2) is 0 Å². The van der Waals surface area contributed by atoms with Crippen molar-refractivity contribution in [1.82, 2.24) is 25.8 Å². The van der Waals surface area contributed by atoms with E-state index in [1.54, 1.807) is 45.0 Å². The van der Waals surface area contributed by atoms with E-state index in [4.69, 9.17) is 9.47 Å². The molecule has 1 aliphatic heterocycles. The molecule has 54 heavy (non-hydrogen) atoms. The van der Waals surface area contributed by atoms with Gasteiger partial charge in [0.15, 0.2) is 0 Å². The van der Waals surface area contributed by atoms with Gasteiger partial charge < -0.3 is 40.1 Å². The molecule has 15 nitrogen and oxygen atoms in total. The summed E-state index contributed by atoms with van der Waals surface area (Å²) in [5.74, 6) is -1.36. The first-order valence-corrected chi connectivity index (χ1v) is 19.3. The molecule has 3 amide bonds. The topological polar surface area (TPSA) is 196 Å². The molecular formula is C39H68N6O9. The number of ether oxygens (including phenoxy) is 2. The van der Waals surface area contributed by atoms with Gasteiger partial charge in [-0.2, -0.15) is 0 Å². The number of hydrogen-bond donors (Lipinski definition) is 5. The number of benzene rings is 1. The Morgan fingerprint density at radius 3 is 2.07 bits per heavy atom. The van der Waals surface area contributed by atoms with E-state index in [0.29, 0.717) is 18.5 Å². The summed E-state index contributed by atoms with van der Waals surface area (Å²) in [6.45, 7) is 15.7. The van der Waals surface area contributed by atoms with Gasteiger partial charge >= 0.3 is 0 Å². The molecule has 0 saturated carbocycles. The Kier molecular flexibility index (Phi) is 18.9. The molecule has 0 bridgehead atoms. The van der Waals surface area contributed by atoms with Crippen molar-refractivity contribution in [1.29, 1.82) is 0 Å². The number of aliphatic hydroxyl groups excluding tert-OH is 2. The van der Waals surface area contributed by atoms with Crippen LogP contribution in [0.2, 0.25) is 0 Å². The summed E-state index contributed by atoms with van der Waals surface area (Å²) in [4.78, 5) is 55.4. The fourth-order valence-corrected chi connectivity index (χ4v) is 7.70. The number of carbonyl (C=O) groups is 3. The fourth-order valence-electron chi connectivity index (χ4n) is 7.70. The van der Waals surface area contributed by atoms with Crippen molar-refractivity contribution in [2.24, 2.45) is 23.7 Å². The average molecular weight is 765 g/mol. The molecule has 1 aromatic rings. The third-order valence-electron chi connectivity index (χ3n) is 11.2. The highest BCUT2D eigenvalue weighted by Crippen LogP contribution is 2.31. The normalized spacial score (nSPS) is 20.4. The first-order chi connectivity index (χ1) is 25.4. The summed E-state index contributed by atoms with van der Waals surface area (Å²) in [5.41, 5.74) is 0.377. The van der Waals surface area contributed by atoms with Crippen molar-refractivity contribution in [2.45, 2.75) is 136 Å². The van der Waals surface area contributed by atoms with Crippen LogP contribution < -0.4 is 16.0 Å². The molecule has 1 heterocycles. The van der Waals surface area contributed by atoms with E-state index < -0.39 is 59.5 Å². The highest BCUT2D eigenvalue weighted by molar-refractivity contribution is 5.90. The molecule has 11 atom stereocenters. The highest BCUT2D eigenvalue weighted by Gasteiger charge is 2.43. The van der Waals surface area contributed by atoms with E-state index in [0.717, 1.165) is 12.8 Å². The number of nitrogens with one attached hydrogen (secondary N) is 3. The average Bonchev–Trinajstić information content (AvgIpc) is 3.62. The molecule has 2 rings (SSSR count). The lowest BCUT2D eigenvalue weighted by Crippen LogP contribution is -2.59. The van der Waals surface area contributed by atoms with Crippen molar-refractivity contribution in [3.63, 3.8) is 0 Å². The molecule has 1 fully saturated rings. The van der Waals surface area contributed by atoms with Crippen molar-refractivity contribution < 1.29 is 39.0 Å². The van der Waals surface area contributed by atoms with Crippen molar-refractivity contribution >= 4 is 23.4 Å². The second-order valence-corrected chi connectivity index (χ2v) is 15.6. The van der Waals surface area contributed by atoms with Crippen LogP contribution in [0.15, 0.2) is 24.3 Å². The number of aliphatic hydroxyl groups is 2. The summed E-state index contributed by atoms with van der Waals surface area (Å²) >= 11 is 0. The minimum atomic E-state index is -1.12. The zero-order valence-corrected chi connectivity index (χ0v) is 34.4. The number of likely N-dealkylation sites (tertiary alicyclic amines) is 1. The fraction of sp³-hybridized carbons (Fsp3) is 0.769. The van der Waals surface area contributed by atoms with Gasteiger partial charge in [-0.3, -0.25) is 29.8 Å². The van der Waals surface area contributed by atoms with Gasteiger partial charge in [0.2, 0.25) is 17.7 Å². The molecule has 0 aliphatic carbocycles. The Morgan fingerprint density at radius 1 is 1.00 bits per heavy atom. The summed E-state index contributed by atoms with van der Waals surface area (Å²) in [6, 6.07) is 2.95. The van der Waals surface area contributed by atoms with Gasteiger partial charge in [-0.05, 0) is 62.3 Å². The van der Waals surface area contributed by atoms with Gasteiger partial charge in [-0.15, -0.1) is 0 Å². The van der Waals surface area contributed by atoms with E-state index in [1.807, 2.05) is 48.5 Å². The van der Waals surface area contributed by atoms with Crippen molar-refractivity contribution in [3.8, 4) is 0 Å². The van der Waals surface area contributed by atoms with E-state index >= 15 is 0 Å². The molecule has 5 N–H and O–H groups in total. The van der Waals surface area contributed by atoms with Gasteiger partial charge in [-0.1, -0.05) is 54.9 Å². The maximum absolute atomic E-state index is 14.2. The predicted molar refractivity (Wildman–Crippen MR) is 207 cm³/mol. The van der Waals surface area contributed by atoms with Crippen LogP contribution in [0.5, 0.6) is 0 Å². The number of nitro groups is 1. The number of non-ortho nitro benzene ring substituents is 1. The Balaban J connectivity index is 2.23. The van der Waals surface area contributed by atoms with Crippen molar-refractivity contribution in [2.75, 3.05) is 34.9 Å². The van der Waals surface area contributed by atoms with E-state index in [-0.39, 0.29) is 53.6 Å². The third kappa shape index (κ3) is 11.9. The lowest BCUT2D eigenvalue weighted by molar-refractivity contribution is -0.384. The molecule has 1 unspecified atom stereocenters. The number of rotatable bonds is 22. The van der Waals surface area contributed by atoms with E-state index in [9.17, 15) is 34.7 Å². The van der Waals surface area contributed by atoms with Gasteiger partial charge in [0.1, 0.15) is 12.3 Å². The monoisotopic (exact) mass is 765 g/mol. The van der Waals surface area contributed by atoms with Crippen LogP contribution in [0, 0.1) is 33.8 Å². The summed E-state index contributed by atoms with van der Waals surface area (Å²) < 4.78 is 11.9. The van der Waals surface area contributed by atoms with Crippen molar-refractivity contribution in [3.05, 3.63) is 39.9 Å². The van der Waals surface area contributed by atoms with Crippen LogP contribution in [0.3, 0.4) is 0 Å². The molecule has 308 valence electrons. The summed E-state index contributed by atoms with van der Waals surface area (Å²) in [7, 11) is 6.53. The number of likely N-dealkylation sites (N-methyl/N-ethyl adjacent to an activating group) is 2. The first-order valence-electron chi connectivity index (χ1n) is 19.3. The third-order valence-corrected chi connectivity index (χ3v) is 11.2. The maximum atomic E-state index is 14.2. The number of nitro benzene ring substituents is 1. The van der Waals surface area contributed by atoms with Gasteiger partial charge in [0.25, 0.3) is 5.69 Å². The Bertz CT molecular complexity index is 1350. The zero-order valence-electron chi connectivity index (χ0n) is 34.4. The SMILES string of the molecule is CC[C@H](C)[C@@H]([C@@H](CC(=O)N1CCC[C@H]1[C@H](OC)[C@@H](C)C(O)N[C@H](C)[C@@H](O)c1ccc([N+](=O)[O-])cc1)OC)N(C)C(=O)[C@@H](NC(=O)[C@@H](NC)C(C)C)C(C)C. The number of carbonyl (C=O) groups excluding carboxylic acids is 3. The Hall–Kier alpha value is -3.21. The van der Waals surface area contributed by atoms with Crippen LogP contribution in [0.4, 0.5) is 5.69 Å². The lowest BCUT2D eigenvalue weighted by atomic mass is 9.89. The number of amides is 3. The van der Waals surface area contributed by atoms with Gasteiger partial charge in [0, 0.05) is 51.9 Å². The van der Waals surface area contributed by atoms with E-state index in [2.05, 4.69) is 16.0 Å². The molecule has 0 radical (unpaired) electrons. The second kappa shape index (κ2) is 21.8. The summed E-state index contributed by atoms with van der Waals surface area (Å²) in [6.07, 6.45) is -1.22. The van der Waals surface area contributed by atoms with Crippen LogP contribution in [0.25, 0.3) is 0 Å². The molecule has 0 spiro atoms. The molecule has 1 saturated heterocycles. The molecule has 1 aliphatic rings. The smallest absolute Gasteiger partial charge is 0.269 e. The Labute approximate surface area is 322 Å². The van der Waals surface area contributed by atoms with Crippen LogP contribution in [-0.2, 0) is 23.9 Å². The molecule has 1 aromatic carbocycles. The van der Waals surface area contributed by atoms with Crippen LogP contribution >= 0.6 is 0 Å². The second-order valence-electron chi connectivity index (χ2n) is 15.6. The van der Waals surface area contributed by atoms with Crippen LogP contribution in [-0.4, -0.2) is 126 Å². The lowest BCUT2D eigenvalue weighted by Gasteiger charge is -2.41. The standard InChI is InChI=1S/C39H68N6O9/c1-13-24(6)34(43(10)39(50)33(23(4)5)42-38(49)32(40-9)22(2)3)30(53-11)21-31(46)44-20-14-15-29(44)36(54-12)25(7)37(48)41-26(8)35(47)27-16-18-28(19-17-27)45(51)52/h16-19,22-26,29-30,32-37,40-41,47-48H,13-15,20-21H2,1-12H3,(H,42,49)/t24-,25+,26+,29-,30+,32-,33-,34-,35+,36+,37?/m0/s1.